The first kappa shape index (κ1) is 28.0. The van der Waals surface area contributed by atoms with E-state index in [2.05, 4.69) is 5.32 Å². The summed E-state index contributed by atoms with van der Waals surface area (Å²) in [6.07, 6.45) is -9.97. The first-order chi connectivity index (χ1) is 18.0. The third kappa shape index (κ3) is 5.55. The number of rotatable bonds is 8. The van der Waals surface area contributed by atoms with Crippen molar-refractivity contribution in [3.63, 3.8) is 0 Å². The van der Waals surface area contributed by atoms with Crippen LogP contribution in [0.2, 0.25) is 0 Å². The average Bonchev–Trinajstić information content (AvgIpc) is 3.38. The number of nitrogens with zero attached hydrogens (tertiary/aromatic N) is 1. The maximum atomic E-state index is 13.2. The van der Waals surface area contributed by atoms with Crippen LogP contribution in [0.5, 0.6) is 0 Å². The zero-order valence-electron chi connectivity index (χ0n) is 19.7. The van der Waals surface area contributed by atoms with E-state index in [1.165, 1.54) is 23.1 Å². The van der Waals surface area contributed by atoms with Gasteiger partial charge in [-0.25, -0.2) is 9.59 Å². The van der Waals surface area contributed by atoms with E-state index in [4.69, 9.17) is 14.2 Å². The molecule has 5 N–H and O–H groups in total. The Hall–Kier alpha value is -3.02. The van der Waals surface area contributed by atoms with Crippen LogP contribution in [-0.4, -0.2) is 110 Å². The molecule has 14 nitrogen and oxygen atoms in total. The molecule has 4 heterocycles. The highest BCUT2D eigenvalue weighted by Gasteiger charge is 2.55. The summed E-state index contributed by atoms with van der Waals surface area (Å²) in [6.45, 7) is 0.780. The Labute approximate surface area is 223 Å². The second-order valence-electron chi connectivity index (χ2n) is 8.58. The van der Waals surface area contributed by atoms with Crippen molar-refractivity contribution >= 4 is 52.8 Å². The van der Waals surface area contributed by atoms with Crippen LogP contribution in [0, 0.1) is 0 Å². The largest absolute Gasteiger partial charge is 0.479 e. The number of aliphatic hydroxyl groups excluding tert-OH is 3. The molecule has 4 rings (SSSR count). The van der Waals surface area contributed by atoms with Crippen molar-refractivity contribution in [2.75, 3.05) is 12.4 Å². The molecule has 16 heteroatoms. The fraction of sp³-hybridized carbons (Fsp3) is 0.500. The lowest BCUT2D eigenvalue weighted by Crippen LogP contribution is -2.71. The van der Waals surface area contributed by atoms with Crippen molar-refractivity contribution < 1.29 is 58.6 Å². The monoisotopic (exact) mass is 572 g/mol. The minimum Gasteiger partial charge on any atom is -0.479 e. The quantitative estimate of drug-likeness (QED) is 0.168. The summed E-state index contributed by atoms with van der Waals surface area (Å²) in [7, 11) is 0. The molecule has 3 aliphatic rings. The Morgan fingerprint density at radius 1 is 1.18 bits per heavy atom. The van der Waals surface area contributed by atoms with E-state index >= 15 is 0 Å². The highest BCUT2D eigenvalue weighted by Crippen LogP contribution is 2.41. The number of carbonyl (C=O) groups excluding carboxylic acids is 4. The number of ether oxygens (including phenoxy) is 3. The standard InChI is InChI=1S/C22H24N2O12S2/c1-8(25)34-6-9-7-38-19-12(23-11(26)5-10-3-2-4-37-10)18(30)24(19)13(9)21(33)36-22-16(29)14(27)15(28)17(35-22)20(31)32/h2-4,12,14-17,19,22,27-29H,5-7H2,1H3,(H,23,26)(H,31,32)/t12-,14?,15?,16?,17?,19-,22?/m1/s1. The van der Waals surface area contributed by atoms with E-state index in [0.29, 0.717) is 0 Å². The number of thiophene rings is 1. The number of thioether (sulfide) groups is 1. The SMILES string of the molecule is CC(=O)OCC1=C(C(=O)OC2OC(C(=O)O)C(O)C(O)C2O)N2C(=O)[C@@H](NC(=O)Cc3cccs3)[C@H]2SC1. The molecule has 0 saturated carbocycles. The number of fused-ring (bicyclic) bond motifs is 1. The van der Waals surface area contributed by atoms with Gasteiger partial charge in [0.15, 0.2) is 6.10 Å². The molecule has 7 atom stereocenters. The molecule has 0 spiro atoms. The van der Waals surface area contributed by atoms with E-state index in [1.54, 1.807) is 12.1 Å². The number of aliphatic hydroxyl groups is 3. The highest BCUT2D eigenvalue weighted by molar-refractivity contribution is 8.00. The summed E-state index contributed by atoms with van der Waals surface area (Å²) in [5.41, 5.74) is -0.143. The predicted molar refractivity (Wildman–Crippen MR) is 127 cm³/mol. The summed E-state index contributed by atoms with van der Waals surface area (Å²) in [5, 5.41) is 43.0. The smallest absolute Gasteiger partial charge is 0.357 e. The van der Waals surface area contributed by atoms with Crippen LogP contribution in [0.4, 0.5) is 0 Å². The summed E-state index contributed by atoms with van der Waals surface area (Å²) >= 11 is 2.60. The molecule has 0 radical (unpaired) electrons. The van der Waals surface area contributed by atoms with Crippen LogP contribution < -0.4 is 5.32 Å². The first-order valence-corrected chi connectivity index (χ1v) is 13.2. The Kier molecular flexibility index (Phi) is 8.39. The molecule has 5 unspecified atom stereocenters. The first-order valence-electron chi connectivity index (χ1n) is 11.2. The molecule has 2 amide bonds. The van der Waals surface area contributed by atoms with Gasteiger partial charge in [-0.2, -0.15) is 0 Å². The van der Waals surface area contributed by atoms with Gasteiger partial charge >= 0.3 is 17.9 Å². The van der Waals surface area contributed by atoms with Gasteiger partial charge in [-0.15, -0.1) is 23.1 Å². The fourth-order valence-corrected chi connectivity index (χ4v) is 6.11. The van der Waals surface area contributed by atoms with Crippen molar-refractivity contribution in [2.45, 2.75) is 55.5 Å². The van der Waals surface area contributed by atoms with Crippen molar-refractivity contribution in [2.24, 2.45) is 0 Å². The number of hydrogen-bond acceptors (Lipinski definition) is 13. The van der Waals surface area contributed by atoms with Crippen molar-refractivity contribution in [3.8, 4) is 0 Å². The highest BCUT2D eigenvalue weighted by atomic mass is 32.2. The number of aliphatic carboxylic acids is 1. The second-order valence-corrected chi connectivity index (χ2v) is 10.7. The number of nitrogens with one attached hydrogen (secondary N) is 1. The van der Waals surface area contributed by atoms with Gasteiger partial charge in [-0.3, -0.25) is 19.3 Å². The molecule has 38 heavy (non-hydrogen) atoms. The number of amides is 2. The molecule has 0 bridgehead atoms. The van der Waals surface area contributed by atoms with E-state index in [1.807, 2.05) is 5.38 Å². The van der Waals surface area contributed by atoms with E-state index in [9.17, 15) is 44.4 Å². The van der Waals surface area contributed by atoms with Crippen LogP contribution in [0.1, 0.15) is 11.8 Å². The molecular weight excluding hydrogens is 548 g/mol. The second kappa shape index (κ2) is 11.4. The minimum absolute atomic E-state index is 0.0666. The van der Waals surface area contributed by atoms with Crippen LogP contribution in [0.15, 0.2) is 28.8 Å². The van der Waals surface area contributed by atoms with Crippen LogP contribution >= 0.6 is 23.1 Å². The topological polar surface area (TPSA) is 209 Å². The number of esters is 2. The molecule has 1 aromatic rings. The normalized spacial score (nSPS) is 30.7. The minimum atomic E-state index is -2.01. The molecular formula is C22H24N2O12S2. The van der Waals surface area contributed by atoms with Gasteiger partial charge in [0.05, 0.1) is 6.42 Å². The summed E-state index contributed by atoms with van der Waals surface area (Å²) in [4.78, 5) is 63.3. The van der Waals surface area contributed by atoms with Gasteiger partial charge in [0.2, 0.25) is 12.2 Å². The van der Waals surface area contributed by atoms with Gasteiger partial charge in [0.25, 0.3) is 5.91 Å². The summed E-state index contributed by atoms with van der Waals surface area (Å²) in [5.74, 6) is -4.48. The maximum absolute atomic E-state index is 13.2. The van der Waals surface area contributed by atoms with E-state index in [0.717, 1.165) is 16.7 Å². The Morgan fingerprint density at radius 2 is 1.92 bits per heavy atom. The van der Waals surface area contributed by atoms with Gasteiger partial charge in [0.1, 0.15) is 42.0 Å². The van der Waals surface area contributed by atoms with Crippen LogP contribution in [0.25, 0.3) is 0 Å². The zero-order valence-corrected chi connectivity index (χ0v) is 21.3. The van der Waals surface area contributed by atoms with Gasteiger partial charge in [-0.1, -0.05) is 6.07 Å². The molecule has 0 aliphatic carbocycles. The molecule has 3 aliphatic heterocycles. The molecule has 1 aromatic heterocycles. The van der Waals surface area contributed by atoms with Gasteiger partial charge < -0.3 is 40.0 Å². The Bertz CT molecular complexity index is 1160. The number of carbonyl (C=O) groups is 5. The van der Waals surface area contributed by atoms with Gasteiger partial charge in [0, 0.05) is 23.1 Å². The molecule has 2 fully saturated rings. The van der Waals surface area contributed by atoms with Crippen LogP contribution in [0.3, 0.4) is 0 Å². The maximum Gasteiger partial charge on any atom is 0.357 e. The Balaban J connectivity index is 1.52. The van der Waals surface area contributed by atoms with Gasteiger partial charge in [-0.05, 0) is 11.4 Å². The van der Waals surface area contributed by atoms with Crippen molar-refractivity contribution in [3.05, 3.63) is 33.7 Å². The fourth-order valence-electron chi connectivity index (χ4n) is 4.08. The van der Waals surface area contributed by atoms with E-state index in [-0.39, 0.29) is 30.1 Å². The predicted octanol–water partition coefficient (Wildman–Crippen LogP) is -2.06. The average molecular weight is 573 g/mol. The number of carboxylic acids is 1. The number of β-lactam (4-membered cyclic amide) rings is 1. The summed E-state index contributed by atoms with van der Waals surface area (Å²) < 4.78 is 15.1. The zero-order chi connectivity index (χ0) is 27.7. The lowest BCUT2D eigenvalue weighted by Gasteiger charge is -2.50. The summed E-state index contributed by atoms with van der Waals surface area (Å²) in [6, 6.07) is 2.62. The number of carboxylic acid groups (broad SMARTS) is 1. The number of hydrogen-bond donors (Lipinski definition) is 5. The molecule has 2 saturated heterocycles. The molecule has 206 valence electrons. The van der Waals surface area contributed by atoms with E-state index < -0.39 is 71.8 Å². The lowest BCUT2D eigenvalue weighted by atomic mass is 9.99. The van der Waals surface area contributed by atoms with Crippen LogP contribution in [-0.2, 0) is 44.6 Å². The van der Waals surface area contributed by atoms with Crippen molar-refractivity contribution in [1.29, 1.82) is 0 Å². The molecule has 0 aromatic carbocycles. The lowest BCUT2D eigenvalue weighted by molar-refractivity contribution is -0.285. The third-order valence-corrected chi connectivity index (χ3v) is 8.17. The third-order valence-electron chi connectivity index (χ3n) is 5.96. The Morgan fingerprint density at radius 3 is 2.55 bits per heavy atom. The van der Waals surface area contributed by atoms with Crippen molar-refractivity contribution in [1.82, 2.24) is 10.2 Å².